The van der Waals surface area contributed by atoms with Crippen LogP contribution in [0.1, 0.15) is 84.8 Å². The Morgan fingerprint density at radius 1 is 0.980 bits per heavy atom. The molecule has 2 aliphatic rings. The highest BCUT2D eigenvalue weighted by atomic mass is 35.5. The van der Waals surface area contributed by atoms with Gasteiger partial charge in [0.15, 0.2) is 0 Å². The molecule has 1 aliphatic heterocycles. The van der Waals surface area contributed by atoms with E-state index in [2.05, 4.69) is 10.6 Å². The summed E-state index contributed by atoms with van der Waals surface area (Å²) in [6.07, 6.45) is 3.18. The summed E-state index contributed by atoms with van der Waals surface area (Å²) < 4.78 is 41.1. The normalized spacial score (nSPS) is 18.1. The van der Waals surface area contributed by atoms with Crippen LogP contribution in [0.3, 0.4) is 0 Å². The van der Waals surface area contributed by atoms with E-state index in [1.807, 2.05) is 37.3 Å². The maximum atomic E-state index is 14.5. The van der Waals surface area contributed by atoms with Gasteiger partial charge in [-0.1, -0.05) is 73.3 Å². The fourth-order valence-corrected chi connectivity index (χ4v) is 8.73. The average molecular weight is 731 g/mol. The van der Waals surface area contributed by atoms with E-state index in [4.69, 9.17) is 21.1 Å². The lowest BCUT2D eigenvalue weighted by Crippen LogP contribution is -2.61. The van der Waals surface area contributed by atoms with Crippen molar-refractivity contribution in [1.29, 1.82) is 0 Å². The zero-order valence-corrected chi connectivity index (χ0v) is 31.7. The van der Waals surface area contributed by atoms with Crippen molar-refractivity contribution in [3.63, 3.8) is 0 Å². The second-order valence-corrected chi connectivity index (χ2v) is 16.9. The molecule has 1 heterocycles. The van der Waals surface area contributed by atoms with Gasteiger partial charge < -0.3 is 25.0 Å². The second kappa shape index (κ2) is 15.8. The van der Waals surface area contributed by atoms with E-state index in [0.29, 0.717) is 29.0 Å². The Labute approximate surface area is 301 Å². The lowest BCUT2D eigenvalue weighted by Gasteiger charge is -2.42. The minimum Gasteiger partial charge on any atom is -0.444 e. The predicted octanol–water partition coefficient (Wildman–Crippen LogP) is 5.88. The number of nitrogens with zero attached hydrogens (tertiary/aromatic N) is 2. The minimum absolute atomic E-state index is 0.0292. The molecule has 50 heavy (non-hydrogen) atoms. The van der Waals surface area contributed by atoms with Crippen LogP contribution in [0.5, 0.6) is 0 Å². The third kappa shape index (κ3) is 9.06. The molecule has 1 saturated carbocycles. The molecule has 1 spiro atoms. The monoisotopic (exact) mass is 730 g/mol. The molecule has 0 radical (unpaired) electrons. The molecule has 2 N–H and O–H groups in total. The number of sulfonamides is 1. The van der Waals surface area contributed by atoms with Gasteiger partial charge in [-0.15, -0.1) is 0 Å². The molecule has 2 aromatic rings. The third-order valence-electron chi connectivity index (χ3n) is 9.27. The van der Waals surface area contributed by atoms with Crippen LogP contribution in [0.15, 0.2) is 60.2 Å². The van der Waals surface area contributed by atoms with Gasteiger partial charge in [0.05, 0.1) is 23.7 Å². The number of benzene rings is 2. The van der Waals surface area contributed by atoms with E-state index < -0.39 is 50.7 Å². The van der Waals surface area contributed by atoms with E-state index >= 15 is 0 Å². The van der Waals surface area contributed by atoms with E-state index in [1.54, 1.807) is 57.0 Å². The first-order chi connectivity index (χ1) is 23.4. The number of hydrogen-bond acceptors (Lipinski definition) is 7. The van der Waals surface area contributed by atoms with Crippen molar-refractivity contribution in [3.8, 4) is 0 Å². The first-order valence-corrected chi connectivity index (χ1v) is 18.9. The van der Waals surface area contributed by atoms with Crippen LogP contribution in [0, 0.1) is 0 Å². The van der Waals surface area contributed by atoms with E-state index in [-0.39, 0.29) is 31.2 Å². The van der Waals surface area contributed by atoms with Crippen molar-refractivity contribution < 1.29 is 32.3 Å². The highest BCUT2D eigenvalue weighted by Gasteiger charge is 2.54. The lowest BCUT2D eigenvalue weighted by molar-refractivity contribution is -0.139. The number of carbonyl (C=O) groups is 3. The molecule has 274 valence electrons. The summed E-state index contributed by atoms with van der Waals surface area (Å²) >= 11 is 6.18. The lowest BCUT2D eigenvalue weighted by atomic mass is 9.75. The Kier molecular flexibility index (Phi) is 12.5. The van der Waals surface area contributed by atoms with Crippen LogP contribution >= 0.6 is 11.6 Å². The van der Waals surface area contributed by atoms with Gasteiger partial charge in [0, 0.05) is 25.2 Å². The number of amides is 3. The van der Waals surface area contributed by atoms with Crippen molar-refractivity contribution in [2.24, 2.45) is 0 Å². The Morgan fingerprint density at radius 3 is 2.18 bits per heavy atom. The molecule has 0 saturated heterocycles. The van der Waals surface area contributed by atoms with Crippen LogP contribution in [-0.4, -0.2) is 85.0 Å². The van der Waals surface area contributed by atoms with Gasteiger partial charge in [0.25, 0.3) is 0 Å². The Morgan fingerprint density at radius 2 is 1.60 bits per heavy atom. The van der Waals surface area contributed by atoms with Crippen molar-refractivity contribution >= 4 is 44.4 Å². The first-order valence-electron chi connectivity index (χ1n) is 17.1. The van der Waals surface area contributed by atoms with Crippen molar-refractivity contribution in [2.75, 3.05) is 26.7 Å². The minimum atomic E-state index is -3.91. The van der Waals surface area contributed by atoms with Crippen LogP contribution in [0.4, 0.5) is 4.79 Å². The largest absolute Gasteiger partial charge is 0.444 e. The van der Waals surface area contributed by atoms with Crippen molar-refractivity contribution in [3.05, 3.63) is 76.3 Å². The number of ether oxygens (including phenoxy) is 2. The van der Waals surface area contributed by atoms with Gasteiger partial charge in [-0.05, 0) is 83.2 Å². The van der Waals surface area contributed by atoms with Crippen LogP contribution in [-0.2, 0) is 35.7 Å². The number of rotatable bonds is 12. The summed E-state index contributed by atoms with van der Waals surface area (Å²) in [5.74, 6) is -1.06. The smallest absolute Gasteiger partial charge is 0.408 e. The topological polar surface area (TPSA) is 134 Å². The fourth-order valence-electron chi connectivity index (χ4n) is 6.58. The molecular formula is C37H51ClN4O7S. The van der Waals surface area contributed by atoms with Gasteiger partial charge in [-0.25, -0.2) is 13.2 Å². The van der Waals surface area contributed by atoms with Gasteiger partial charge >= 0.3 is 6.09 Å². The predicted molar refractivity (Wildman–Crippen MR) is 195 cm³/mol. The molecule has 13 heteroatoms. The molecule has 3 amide bonds. The molecule has 0 bridgehead atoms. The average Bonchev–Trinajstić information content (AvgIpc) is 3.20. The molecule has 1 atom stereocenters. The molecule has 11 nitrogen and oxygen atoms in total. The van der Waals surface area contributed by atoms with Crippen molar-refractivity contribution in [1.82, 2.24) is 19.8 Å². The van der Waals surface area contributed by atoms with E-state index in [9.17, 15) is 22.8 Å². The molecule has 1 aliphatic carbocycles. The van der Waals surface area contributed by atoms with Crippen LogP contribution in [0.25, 0.3) is 4.91 Å². The number of hydrogen-bond donors (Lipinski definition) is 2. The zero-order chi connectivity index (χ0) is 36.9. The fraction of sp³-hybridized carbons (Fsp3) is 0.541. The van der Waals surface area contributed by atoms with E-state index in [1.165, 1.54) is 18.2 Å². The quantitative estimate of drug-likeness (QED) is 0.279. The summed E-state index contributed by atoms with van der Waals surface area (Å²) in [4.78, 5) is 42.5. The molecule has 0 unspecified atom stereocenters. The Bertz CT molecular complexity index is 1670. The number of alkyl carbamates (subject to hydrolysis) is 1. The highest BCUT2D eigenvalue weighted by molar-refractivity contribution is 7.98. The summed E-state index contributed by atoms with van der Waals surface area (Å²) in [6.45, 7) is 10.3. The van der Waals surface area contributed by atoms with Crippen molar-refractivity contribution in [2.45, 2.75) is 103 Å². The Balaban J connectivity index is 1.68. The number of carbonyl (C=O) groups excluding carboxylic acids is 3. The SMILES string of the molecule is CCN(CC1=C(c2ccc(Cl)cc2)S(=O)(=O)N(C)C12CCCCC2)C(=O)[C@@H](COCc1ccccc1)NC(=O)C(C)(C)NC(=O)OC(C)(C)C. The molecular weight excluding hydrogens is 680 g/mol. The standard InChI is InChI=1S/C37H51ClN4O7S/c1-8-42(23-29-31(27-17-19-28(38)20-18-27)50(46,47)41(7)37(29)21-13-10-14-22-37)32(43)30(25-48-24-26-15-11-9-12-16-26)39-33(44)36(5,6)40-34(45)49-35(2,3)4/h9,11-12,15-20,30H,8,10,13-14,21-25H2,1-7H3,(H,39,44)(H,40,45)/t30-/m1/s1. The van der Waals surface area contributed by atoms with Crippen LogP contribution < -0.4 is 10.6 Å². The summed E-state index contributed by atoms with van der Waals surface area (Å²) in [5.41, 5.74) is -0.968. The summed E-state index contributed by atoms with van der Waals surface area (Å²) in [5, 5.41) is 5.89. The zero-order valence-electron chi connectivity index (χ0n) is 30.2. The molecule has 4 rings (SSSR count). The first kappa shape index (κ1) is 39.3. The summed E-state index contributed by atoms with van der Waals surface area (Å²) in [6, 6.07) is 15.0. The van der Waals surface area contributed by atoms with Gasteiger partial charge in [-0.2, -0.15) is 4.31 Å². The molecule has 2 aromatic carbocycles. The number of likely N-dealkylation sites (N-methyl/N-ethyl adjacent to an activating group) is 2. The molecule has 1 fully saturated rings. The van der Waals surface area contributed by atoms with Crippen LogP contribution in [0.2, 0.25) is 5.02 Å². The number of nitrogens with one attached hydrogen (secondary N) is 2. The second-order valence-electron chi connectivity index (χ2n) is 14.5. The third-order valence-corrected chi connectivity index (χ3v) is 11.6. The maximum Gasteiger partial charge on any atom is 0.408 e. The Hall–Kier alpha value is -3.45. The van der Waals surface area contributed by atoms with E-state index in [0.717, 1.165) is 24.8 Å². The van der Waals surface area contributed by atoms with Gasteiger partial charge in [-0.3, -0.25) is 9.59 Å². The summed E-state index contributed by atoms with van der Waals surface area (Å²) in [7, 11) is -2.28. The van der Waals surface area contributed by atoms with Gasteiger partial charge in [0.1, 0.15) is 17.2 Å². The maximum absolute atomic E-state index is 14.5. The highest BCUT2D eigenvalue weighted by Crippen LogP contribution is 2.51. The number of halogens is 1. The van der Waals surface area contributed by atoms with Gasteiger partial charge in [0.2, 0.25) is 21.8 Å². The molecule has 0 aromatic heterocycles.